The van der Waals surface area contributed by atoms with Crippen LogP contribution in [0.1, 0.15) is 5.56 Å². The molecule has 1 aromatic carbocycles. The van der Waals surface area contributed by atoms with Crippen molar-refractivity contribution >= 4 is 27.4 Å². The average molecular weight is 423 g/mol. The molecule has 0 bridgehead atoms. The lowest BCUT2D eigenvalue weighted by molar-refractivity contribution is 0.487. The smallest absolute Gasteiger partial charge is 0.218 e. The van der Waals surface area contributed by atoms with E-state index in [1.165, 1.54) is 23.6 Å². The lowest BCUT2D eigenvalue weighted by Gasteiger charge is -2.09. The number of nitrogen functional groups attached to an aromatic ring is 1. The predicted molar refractivity (Wildman–Crippen MR) is 92.8 cm³/mol. The second-order valence-electron chi connectivity index (χ2n) is 5.64. The first-order valence-electron chi connectivity index (χ1n) is 7.41. The van der Waals surface area contributed by atoms with Gasteiger partial charge >= 0.3 is 0 Å². The van der Waals surface area contributed by atoms with Crippen molar-refractivity contribution in [3.63, 3.8) is 0 Å². The summed E-state index contributed by atoms with van der Waals surface area (Å²) in [6.07, 6.45) is 0. The molecule has 0 aliphatic heterocycles. The van der Waals surface area contributed by atoms with E-state index in [4.69, 9.17) is 10.2 Å². The lowest BCUT2D eigenvalue weighted by Crippen LogP contribution is -2.01. The van der Waals surface area contributed by atoms with E-state index in [1.807, 2.05) is 0 Å². The van der Waals surface area contributed by atoms with Crippen LogP contribution in [0.3, 0.4) is 0 Å². The van der Waals surface area contributed by atoms with Crippen LogP contribution >= 0.6 is 15.9 Å². The first-order chi connectivity index (χ1) is 12.3. The molecule has 26 heavy (non-hydrogen) atoms. The fourth-order valence-electron chi connectivity index (χ4n) is 2.64. The number of hydrogen-bond acceptors (Lipinski definition) is 4. The molecule has 0 aliphatic rings. The van der Waals surface area contributed by atoms with Crippen molar-refractivity contribution in [3.05, 3.63) is 58.0 Å². The molecule has 5 nitrogen and oxygen atoms in total. The van der Waals surface area contributed by atoms with Gasteiger partial charge in [0.15, 0.2) is 27.7 Å². The van der Waals surface area contributed by atoms with E-state index in [2.05, 4.69) is 26.0 Å². The van der Waals surface area contributed by atoms with Gasteiger partial charge in [0.05, 0.1) is 0 Å². The number of halogens is 4. The molecule has 3 aromatic heterocycles. The maximum Gasteiger partial charge on any atom is 0.218 e. The minimum absolute atomic E-state index is 0.110. The molecule has 4 rings (SSSR count). The Kier molecular flexibility index (Phi) is 3.76. The van der Waals surface area contributed by atoms with Gasteiger partial charge in [-0.05, 0) is 58.7 Å². The molecule has 0 radical (unpaired) electrons. The van der Waals surface area contributed by atoms with Crippen LogP contribution < -0.4 is 5.73 Å². The molecule has 3 heterocycles. The number of pyridine rings is 1. The van der Waals surface area contributed by atoms with E-state index in [-0.39, 0.29) is 22.8 Å². The van der Waals surface area contributed by atoms with Crippen LogP contribution in [0.2, 0.25) is 0 Å². The minimum atomic E-state index is -1.21. The molecule has 0 saturated heterocycles. The van der Waals surface area contributed by atoms with Gasteiger partial charge in [0.25, 0.3) is 0 Å². The van der Waals surface area contributed by atoms with Crippen molar-refractivity contribution in [1.82, 2.24) is 14.6 Å². The fourth-order valence-corrected chi connectivity index (χ4v) is 2.95. The monoisotopic (exact) mass is 422 g/mol. The van der Waals surface area contributed by atoms with Crippen LogP contribution in [-0.4, -0.2) is 14.6 Å². The number of anilines is 1. The zero-order chi connectivity index (χ0) is 18.6. The highest BCUT2D eigenvalue weighted by Crippen LogP contribution is 2.31. The van der Waals surface area contributed by atoms with Gasteiger partial charge in [-0.3, -0.25) is 0 Å². The highest BCUT2D eigenvalue weighted by Gasteiger charge is 2.19. The second-order valence-corrected chi connectivity index (χ2v) is 6.42. The summed E-state index contributed by atoms with van der Waals surface area (Å²) in [7, 11) is 0. The molecule has 2 N–H and O–H groups in total. The fraction of sp³-hybridized carbons (Fsp3) is 0.0588. The lowest BCUT2D eigenvalue weighted by atomic mass is 10.0. The SMILES string of the molecule is Cc1c(F)c(F)cc(-c2cc(N)n3nc(-c4ccc(Br)o4)nc3c2)c1F. The van der Waals surface area contributed by atoms with Crippen LogP contribution in [-0.2, 0) is 0 Å². The maximum atomic E-state index is 14.4. The minimum Gasteiger partial charge on any atom is -0.446 e. The zero-order valence-electron chi connectivity index (χ0n) is 13.2. The number of furan rings is 1. The molecule has 4 aromatic rings. The number of nitrogens with two attached hydrogens (primary N) is 1. The van der Waals surface area contributed by atoms with Crippen molar-refractivity contribution in [1.29, 1.82) is 0 Å². The highest BCUT2D eigenvalue weighted by atomic mass is 79.9. The Morgan fingerprint density at radius 3 is 2.58 bits per heavy atom. The van der Waals surface area contributed by atoms with Crippen LogP contribution in [0.15, 0.2) is 39.4 Å². The van der Waals surface area contributed by atoms with Gasteiger partial charge in [-0.15, -0.1) is 5.10 Å². The summed E-state index contributed by atoms with van der Waals surface area (Å²) in [4.78, 5) is 4.30. The van der Waals surface area contributed by atoms with Gasteiger partial charge in [0.1, 0.15) is 11.6 Å². The Labute approximate surface area is 153 Å². The Balaban J connectivity index is 1.91. The summed E-state index contributed by atoms with van der Waals surface area (Å²) in [5.74, 6) is -2.36. The average Bonchev–Trinajstić information content (AvgIpc) is 3.22. The summed E-state index contributed by atoms with van der Waals surface area (Å²) >= 11 is 3.20. The Bertz CT molecular complexity index is 1170. The van der Waals surface area contributed by atoms with Gasteiger partial charge in [-0.1, -0.05) is 0 Å². The molecule has 9 heteroatoms. The number of nitrogens with zero attached hydrogens (tertiary/aromatic N) is 3. The largest absolute Gasteiger partial charge is 0.446 e. The van der Waals surface area contributed by atoms with Gasteiger partial charge in [0, 0.05) is 11.1 Å². The summed E-state index contributed by atoms with van der Waals surface area (Å²) in [6, 6.07) is 7.06. The van der Waals surface area contributed by atoms with Crippen LogP contribution in [0.4, 0.5) is 19.0 Å². The third kappa shape index (κ3) is 2.55. The highest BCUT2D eigenvalue weighted by molar-refractivity contribution is 9.10. The summed E-state index contributed by atoms with van der Waals surface area (Å²) in [5, 5.41) is 4.24. The molecular formula is C17H10BrF3N4O. The second kappa shape index (κ2) is 5.87. The van der Waals surface area contributed by atoms with Gasteiger partial charge in [-0.2, -0.15) is 4.52 Å². The number of rotatable bonds is 2. The number of aromatic nitrogens is 3. The van der Waals surface area contributed by atoms with Crippen molar-refractivity contribution in [2.75, 3.05) is 5.73 Å². The molecule has 0 saturated carbocycles. The zero-order valence-corrected chi connectivity index (χ0v) is 14.8. The van der Waals surface area contributed by atoms with Crippen molar-refractivity contribution < 1.29 is 17.6 Å². The third-order valence-corrected chi connectivity index (χ3v) is 4.37. The Hall–Kier alpha value is -2.81. The summed E-state index contributed by atoms with van der Waals surface area (Å²) in [6.45, 7) is 1.17. The van der Waals surface area contributed by atoms with Gasteiger partial charge < -0.3 is 10.2 Å². The van der Waals surface area contributed by atoms with Crippen molar-refractivity contribution in [2.45, 2.75) is 6.92 Å². The predicted octanol–water partition coefficient (Wildman–Crippen LogP) is 4.73. The van der Waals surface area contributed by atoms with E-state index in [1.54, 1.807) is 12.1 Å². The van der Waals surface area contributed by atoms with Gasteiger partial charge in [0.2, 0.25) is 5.82 Å². The van der Waals surface area contributed by atoms with Gasteiger partial charge in [-0.25, -0.2) is 18.2 Å². The molecule has 0 fully saturated rings. The normalized spacial score (nSPS) is 11.4. The quantitative estimate of drug-likeness (QED) is 0.474. The molecule has 132 valence electrons. The standard InChI is InChI=1S/C17H10BrF3N4O/c1-7-15(20)9(6-10(19)16(7)21)8-4-13(22)25-14(5-8)23-17(24-25)11-2-3-12(18)26-11/h2-6H,22H2,1H3. The first kappa shape index (κ1) is 16.6. The first-order valence-corrected chi connectivity index (χ1v) is 8.21. The molecule has 0 spiro atoms. The van der Waals surface area contributed by atoms with Crippen molar-refractivity contribution in [3.8, 4) is 22.7 Å². The number of hydrogen-bond donors (Lipinski definition) is 1. The van der Waals surface area contributed by atoms with Crippen molar-refractivity contribution in [2.24, 2.45) is 0 Å². The topological polar surface area (TPSA) is 69.3 Å². The Morgan fingerprint density at radius 2 is 1.88 bits per heavy atom. The van der Waals surface area contributed by atoms with E-state index < -0.39 is 23.0 Å². The van der Waals surface area contributed by atoms with E-state index in [9.17, 15) is 13.2 Å². The van der Waals surface area contributed by atoms with Crippen LogP contribution in [0, 0.1) is 24.4 Å². The molecule has 0 amide bonds. The molecule has 0 atom stereocenters. The third-order valence-electron chi connectivity index (χ3n) is 3.95. The number of benzene rings is 1. The van der Waals surface area contributed by atoms with E-state index in [0.717, 1.165) is 6.07 Å². The maximum absolute atomic E-state index is 14.4. The molecular weight excluding hydrogens is 413 g/mol. The molecule has 0 aliphatic carbocycles. The van der Waals surface area contributed by atoms with Crippen LogP contribution in [0.5, 0.6) is 0 Å². The molecule has 0 unspecified atom stereocenters. The number of fused-ring (bicyclic) bond motifs is 1. The van der Waals surface area contributed by atoms with E-state index >= 15 is 0 Å². The summed E-state index contributed by atoms with van der Waals surface area (Å²) < 4.78 is 48.9. The van der Waals surface area contributed by atoms with E-state index in [0.29, 0.717) is 16.1 Å². The summed E-state index contributed by atoms with van der Waals surface area (Å²) in [5.41, 5.74) is 6.03. The Morgan fingerprint density at radius 1 is 1.12 bits per heavy atom. The van der Waals surface area contributed by atoms with Crippen LogP contribution in [0.25, 0.3) is 28.4 Å².